The van der Waals surface area contributed by atoms with Gasteiger partial charge in [0.2, 0.25) is 5.91 Å². The molecule has 0 aliphatic rings. The Morgan fingerprint density at radius 3 is 2.80 bits per heavy atom. The zero-order valence-electron chi connectivity index (χ0n) is 8.01. The largest absolute Gasteiger partial charge is 0.396 e. The van der Waals surface area contributed by atoms with E-state index in [-0.39, 0.29) is 18.3 Å². The van der Waals surface area contributed by atoms with Crippen LogP contribution in [0.3, 0.4) is 0 Å². The van der Waals surface area contributed by atoms with Crippen molar-refractivity contribution in [3.05, 3.63) is 18.2 Å². The summed E-state index contributed by atoms with van der Waals surface area (Å²) in [6.45, 7) is -0.151. The Bertz CT molecular complexity index is 345. The minimum absolute atomic E-state index is 0.151. The van der Waals surface area contributed by atoms with Crippen LogP contribution in [0.4, 0.5) is 13.2 Å². The minimum atomic E-state index is -4.31. The maximum Gasteiger partial charge on any atom is 0.396 e. The van der Waals surface area contributed by atoms with E-state index in [1.165, 1.54) is 24.0 Å². The van der Waals surface area contributed by atoms with Crippen LogP contribution in [-0.2, 0) is 17.8 Å². The van der Waals surface area contributed by atoms with Gasteiger partial charge in [-0.2, -0.15) is 13.2 Å². The van der Waals surface area contributed by atoms with E-state index in [2.05, 4.69) is 10.3 Å². The number of carbonyl (C=O) groups is 1. The lowest BCUT2D eigenvalue weighted by molar-refractivity contribution is -0.130. The topological polar surface area (TPSA) is 46.9 Å². The average Bonchev–Trinajstić information content (AvgIpc) is 2.50. The van der Waals surface area contributed by atoms with Crippen molar-refractivity contribution >= 4 is 5.91 Å². The number of carbonyl (C=O) groups excluding carboxylic acids is 1. The molecule has 0 saturated carbocycles. The van der Waals surface area contributed by atoms with Crippen molar-refractivity contribution in [1.29, 1.82) is 0 Å². The van der Waals surface area contributed by atoms with Gasteiger partial charge in [0, 0.05) is 19.4 Å². The van der Waals surface area contributed by atoms with Gasteiger partial charge in [0.25, 0.3) is 0 Å². The summed E-state index contributed by atoms with van der Waals surface area (Å²) in [7, 11) is 1.42. The van der Waals surface area contributed by atoms with Crippen molar-refractivity contribution in [2.45, 2.75) is 19.1 Å². The second kappa shape index (κ2) is 4.33. The highest BCUT2D eigenvalue weighted by Crippen LogP contribution is 2.20. The Morgan fingerprint density at radius 1 is 1.60 bits per heavy atom. The third-order valence-electron chi connectivity index (χ3n) is 1.75. The number of nitrogens with one attached hydrogen (secondary N) is 1. The molecule has 0 spiro atoms. The van der Waals surface area contributed by atoms with Gasteiger partial charge in [0.15, 0.2) is 0 Å². The number of alkyl halides is 3. The molecule has 1 heterocycles. The smallest absolute Gasteiger partial charge is 0.358 e. The molecule has 0 unspecified atom stereocenters. The summed E-state index contributed by atoms with van der Waals surface area (Å²) in [5, 5.41) is 2.32. The molecule has 0 radical (unpaired) electrons. The van der Waals surface area contributed by atoms with Crippen LogP contribution < -0.4 is 5.32 Å². The first kappa shape index (κ1) is 11.5. The van der Waals surface area contributed by atoms with E-state index in [9.17, 15) is 18.0 Å². The van der Waals surface area contributed by atoms with Crippen LogP contribution >= 0.6 is 0 Å². The highest BCUT2D eigenvalue weighted by atomic mass is 19.4. The molecule has 84 valence electrons. The van der Waals surface area contributed by atoms with E-state index in [0.717, 1.165) is 0 Å². The van der Waals surface area contributed by atoms with Crippen LogP contribution in [0.2, 0.25) is 0 Å². The molecule has 0 bridgehead atoms. The van der Waals surface area contributed by atoms with Gasteiger partial charge in [-0.3, -0.25) is 4.79 Å². The molecule has 1 aromatic heterocycles. The number of nitrogens with zero attached hydrogens (tertiary/aromatic N) is 2. The maximum atomic E-state index is 12.1. The molecule has 0 aliphatic carbocycles. The molecule has 0 aliphatic heterocycles. The van der Waals surface area contributed by atoms with Gasteiger partial charge in [-0.1, -0.05) is 0 Å². The Morgan fingerprint density at radius 2 is 2.27 bits per heavy atom. The summed E-state index contributed by atoms with van der Waals surface area (Å²) in [4.78, 5) is 14.5. The van der Waals surface area contributed by atoms with Crippen LogP contribution in [0.1, 0.15) is 5.82 Å². The zero-order chi connectivity index (χ0) is 11.5. The molecule has 1 aromatic rings. The van der Waals surface area contributed by atoms with E-state index in [4.69, 9.17) is 0 Å². The van der Waals surface area contributed by atoms with Crippen molar-refractivity contribution in [3.63, 3.8) is 0 Å². The Kier molecular flexibility index (Phi) is 3.33. The van der Waals surface area contributed by atoms with Gasteiger partial charge in [-0.05, 0) is 0 Å². The Labute approximate surface area is 84.1 Å². The van der Waals surface area contributed by atoms with E-state index >= 15 is 0 Å². The third kappa shape index (κ3) is 3.61. The van der Waals surface area contributed by atoms with Gasteiger partial charge in [0.1, 0.15) is 18.8 Å². The maximum absolute atomic E-state index is 12.1. The molecule has 7 heteroatoms. The minimum Gasteiger partial charge on any atom is -0.358 e. The number of likely N-dealkylation sites (N-methyl/N-ethyl adjacent to an activating group) is 1. The number of hydrogen-bond acceptors (Lipinski definition) is 2. The zero-order valence-corrected chi connectivity index (χ0v) is 8.01. The molecule has 1 amide bonds. The molecule has 0 aromatic carbocycles. The summed E-state index contributed by atoms with van der Waals surface area (Å²) in [6.07, 6.45) is -2.86. The lowest BCUT2D eigenvalue weighted by atomic mass is 10.4. The molecule has 0 atom stereocenters. The van der Waals surface area contributed by atoms with Gasteiger partial charge in [0.05, 0.1) is 0 Å². The van der Waals surface area contributed by atoms with Crippen molar-refractivity contribution in [2.24, 2.45) is 0 Å². The number of amides is 1. The molecular formula is C8H10F3N3O. The average molecular weight is 221 g/mol. The fraction of sp³-hybridized carbons (Fsp3) is 0.500. The van der Waals surface area contributed by atoms with Crippen molar-refractivity contribution < 1.29 is 18.0 Å². The van der Waals surface area contributed by atoms with Gasteiger partial charge >= 0.3 is 6.18 Å². The molecule has 0 saturated heterocycles. The van der Waals surface area contributed by atoms with Crippen LogP contribution in [0.15, 0.2) is 12.4 Å². The second-order valence-electron chi connectivity index (χ2n) is 2.94. The number of aromatic nitrogens is 2. The normalized spacial score (nSPS) is 11.5. The summed E-state index contributed by atoms with van der Waals surface area (Å²) in [5.41, 5.74) is 0. The van der Waals surface area contributed by atoms with E-state index in [0.29, 0.717) is 0 Å². The number of rotatable bonds is 3. The Hall–Kier alpha value is -1.53. The van der Waals surface area contributed by atoms with Crippen molar-refractivity contribution in [3.8, 4) is 0 Å². The second-order valence-corrected chi connectivity index (χ2v) is 2.94. The van der Waals surface area contributed by atoms with Gasteiger partial charge in [-0.25, -0.2) is 4.98 Å². The molecule has 15 heavy (non-hydrogen) atoms. The predicted octanol–water partition coefficient (Wildman–Crippen LogP) is 0.734. The quantitative estimate of drug-likeness (QED) is 0.818. The van der Waals surface area contributed by atoms with E-state index in [1.807, 2.05) is 0 Å². The molecule has 1 N–H and O–H groups in total. The van der Waals surface area contributed by atoms with Crippen LogP contribution in [0.25, 0.3) is 0 Å². The van der Waals surface area contributed by atoms with Gasteiger partial charge in [-0.15, -0.1) is 0 Å². The molecule has 1 rings (SSSR count). The van der Waals surface area contributed by atoms with Crippen LogP contribution in [-0.4, -0.2) is 28.7 Å². The highest BCUT2D eigenvalue weighted by molar-refractivity contribution is 5.75. The van der Waals surface area contributed by atoms with Gasteiger partial charge < -0.3 is 9.88 Å². The van der Waals surface area contributed by atoms with Crippen LogP contribution in [0, 0.1) is 0 Å². The van der Waals surface area contributed by atoms with Crippen molar-refractivity contribution in [1.82, 2.24) is 14.9 Å². The van der Waals surface area contributed by atoms with E-state index in [1.54, 1.807) is 0 Å². The lowest BCUT2D eigenvalue weighted by Gasteiger charge is -2.08. The van der Waals surface area contributed by atoms with E-state index < -0.39 is 12.6 Å². The first-order chi connectivity index (χ1) is 6.92. The molecule has 0 fully saturated rings. The summed E-state index contributed by atoms with van der Waals surface area (Å²) in [5.74, 6) is -0.525. The predicted molar refractivity (Wildman–Crippen MR) is 46.1 cm³/mol. The molecule has 4 nitrogen and oxygen atoms in total. The first-order valence-corrected chi connectivity index (χ1v) is 4.19. The standard InChI is InChI=1S/C8H10F3N3O/c1-12-7(15)5-14-3-2-13-6(14)4-8(9,10)11/h2-3H,4-5H2,1H3,(H,12,15). The molecular weight excluding hydrogens is 211 g/mol. The number of hydrogen-bond donors (Lipinski definition) is 1. The summed E-state index contributed by atoms with van der Waals surface area (Å²) >= 11 is 0. The number of halogens is 3. The SMILES string of the molecule is CNC(=O)Cn1ccnc1CC(F)(F)F. The monoisotopic (exact) mass is 221 g/mol. The van der Waals surface area contributed by atoms with Crippen molar-refractivity contribution in [2.75, 3.05) is 7.05 Å². The Balaban J connectivity index is 2.74. The van der Waals surface area contributed by atoms with Crippen LogP contribution in [0.5, 0.6) is 0 Å². The summed E-state index contributed by atoms with van der Waals surface area (Å²) in [6, 6.07) is 0. The summed E-state index contributed by atoms with van der Waals surface area (Å²) < 4.78 is 37.4. The third-order valence-corrected chi connectivity index (χ3v) is 1.75. The highest BCUT2D eigenvalue weighted by Gasteiger charge is 2.30. The number of imidazole rings is 1. The lowest BCUT2D eigenvalue weighted by Crippen LogP contribution is -2.25. The fourth-order valence-corrected chi connectivity index (χ4v) is 1.06. The fourth-order valence-electron chi connectivity index (χ4n) is 1.06. The first-order valence-electron chi connectivity index (χ1n) is 4.19.